The van der Waals surface area contributed by atoms with Crippen molar-refractivity contribution >= 4 is 6.09 Å². The number of rotatable bonds is 5. The molecule has 0 aliphatic carbocycles. The Balaban J connectivity index is 1.39. The Morgan fingerprint density at radius 2 is 0.970 bits per heavy atom. The first-order valence-corrected chi connectivity index (χ1v) is 11.2. The fourth-order valence-corrected chi connectivity index (χ4v) is 3.64. The summed E-state index contributed by atoms with van der Waals surface area (Å²) in [5.41, 5.74) is 7.67. The summed E-state index contributed by atoms with van der Waals surface area (Å²) in [7, 11) is 0. The van der Waals surface area contributed by atoms with E-state index in [-0.39, 0.29) is 0 Å². The van der Waals surface area contributed by atoms with Gasteiger partial charge in [0.2, 0.25) is 0 Å². The molecule has 0 saturated heterocycles. The number of hydrogen-bond donors (Lipinski definition) is 1. The lowest BCUT2D eigenvalue weighted by Crippen LogP contribution is -2.32. The maximum atomic E-state index is 11.8. The zero-order valence-electron chi connectivity index (χ0n) is 19.3. The van der Waals surface area contributed by atoms with Crippen LogP contribution in [0.1, 0.15) is 26.3 Å². The number of alkyl carbamates (subject to hydrolysis) is 1. The van der Waals surface area contributed by atoms with E-state index in [2.05, 4.69) is 90.2 Å². The molecule has 0 spiro atoms. The predicted octanol–water partition coefficient (Wildman–Crippen LogP) is 7.71. The molecule has 0 radical (unpaired) electrons. The second-order valence-electron chi connectivity index (χ2n) is 9.07. The van der Waals surface area contributed by atoms with Crippen LogP contribution in [-0.2, 0) is 11.3 Å². The highest BCUT2D eigenvalue weighted by atomic mass is 16.6. The van der Waals surface area contributed by atoms with Crippen LogP contribution < -0.4 is 5.32 Å². The van der Waals surface area contributed by atoms with Gasteiger partial charge < -0.3 is 10.1 Å². The Bertz CT molecular complexity index is 1190. The van der Waals surface area contributed by atoms with Gasteiger partial charge in [0.15, 0.2) is 0 Å². The molecular weight excluding hydrogens is 406 g/mol. The zero-order valence-corrected chi connectivity index (χ0v) is 19.3. The van der Waals surface area contributed by atoms with E-state index in [0.717, 1.165) is 16.7 Å². The van der Waals surface area contributed by atoms with Crippen molar-refractivity contribution in [2.75, 3.05) is 0 Å². The molecule has 0 aromatic heterocycles. The molecule has 166 valence electrons. The summed E-state index contributed by atoms with van der Waals surface area (Å²) < 4.78 is 5.28. The number of ether oxygens (including phenoxy) is 1. The second-order valence-corrected chi connectivity index (χ2v) is 9.07. The molecular formula is C30H29NO2. The molecule has 0 aliphatic heterocycles. The number of nitrogens with one attached hydrogen (secondary N) is 1. The lowest BCUT2D eigenvalue weighted by atomic mass is 9.98. The highest BCUT2D eigenvalue weighted by Gasteiger charge is 2.15. The van der Waals surface area contributed by atoms with Crippen LogP contribution in [0, 0.1) is 0 Å². The van der Waals surface area contributed by atoms with E-state index in [4.69, 9.17) is 4.74 Å². The molecule has 0 atom stereocenters. The van der Waals surface area contributed by atoms with E-state index in [1.54, 1.807) is 0 Å². The van der Waals surface area contributed by atoms with Crippen LogP contribution in [-0.4, -0.2) is 11.7 Å². The molecule has 4 aromatic carbocycles. The van der Waals surface area contributed by atoms with Crippen LogP contribution in [0.3, 0.4) is 0 Å². The molecule has 3 nitrogen and oxygen atoms in total. The third kappa shape index (κ3) is 6.11. The van der Waals surface area contributed by atoms with Crippen molar-refractivity contribution in [1.29, 1.82) is 0 Å². The van der Waals surface area contributed by atoms with Crippen molar-refractivity contribution in [1.82, 2.24) is 5.32 Å². The van der Waals surface area contributed by atoms with Gasteiger partial charge in [0, 0.05) is 6.54 Å². The molecule has 33 heavy (non-hydrogen) atoms. The standard InChI is InChI=1S/C30H29NO2/c1-30(2,3)33-29(32)31-21-22-9-11-24(12-10-22)26-17-19-28(20-18-26)27-15-13-25(14-16-27)23-7-5-4-6-8-23/h4-20H,21H2,1-3H3,(H,31,32). The topological polar surface area (TPSA) is 38.3 Å². The molecule has 0 fully saturated rings. The summed E-state index contributed by atoms with van der Waals surface area (Å²) in [6.07, 6.45) is -0.404. The van der Waals surface area contributed by atoms with E-state index in [1.807, 2.05) is 39.0 Å². The van der Waals surface area contributed by atoms with Gasteiger partial charge in [-0.15, -0.1) is 0 Å². The minimum Gasteiger partial charge on any atom is -0.444 e. The van der Waals surface area contributed by atoms with Gasteiger partial charge in [0.05, 0.1) is 0 Å². The van der Waals surface area contributed by atoms with Gasteiger partial charge in [-0.05, 0) is 59.7 Å². The first kappa shape index (κ1) is 22.3. The minimum atomic E-state index is -0.496. The van der Waals surface area contributed by atoms with Gasteiger partial charge >= 0.3 is 6.09 Å². The summed E-state index contributed by atoms with van der Waals surface area (Å²) in [5.74, 6) is 0. The zero-order chi connectivity index (χ0) is 23.3. The number of hydrogen-bond acceptors (Lipinski definition) is 2. The van der Waals surface area contributed by atoms with E-state index < -0.39 is 11.7 Å². The number of carbonyl (C=O) groups excluding carboxylic acids is 1. The summed E-state index contributed by atoms with van der Waals surface area (Å²) in [6.45, 7) is 6.00. The van der Waals surface area contributed by atoms with Gasteiger partial charge in [-0.25, -0.2) is 4.79 Å². The first-order chi connectivity index (χ1) is 15.9. The summed E-state index contributed by atoms with van der Waals surface area (Å²) in [6, 6.07) is 35.9. The Labute approximate surface area is 196 Å². The molecule has 4 rings (SSSR count). The average molecular weight is 436 g/mol. The summed E-state index contributed by atoms with van der Waals surface area (Å²) >= 11 is 0. The lowest BCUT2D eigenvalue weighted by Gasteiger charge is -2.19. The van der Waals surface area contributed by atoms with Crippen molar-refractivity contribution in [2.45, 2.75) is 32.9 Å². The summed E-state index contributed by atoms with van der Waals surface area (Å²) in [5, 5.41) is 2.79. The van der Waals surface area contributed by atoms with Crippen LogP contribution in [0.25, 0.3) is 33.4 Å². The van der Waals surface area contributed by atoms with Crippen molar-refractivity contribution in [3.8, 4) is 33.4 Å². The average Bonchev–Trinajstić information content (AvgIpc) is 2.83. The predicted molar refractivity (Wildman–Crippen MR) is 136 cm³/mol. The van der Waals surface area contributed by atoms with Crippen molar-refractivity contribution < 1.29 is 9.53 Å². The maximum absolute atomic E-state index is 11.8. The van der Waals surface area contributed by atoms with Crippen LogP contribution in [0.15, 0.2) is 103 Å². The van der Waals surface area contributed by atoms with E-state index >= 15 is 0 Å². The van der Waals surface area contributed by atoms with Gasteiger partial charge in [0.25, 0.3) is 0 Å². The number of amides is 1. The Morgan fingerprint density at radius 1 is 0.606 bits per heavy atom. The SMILES string of the molecule is CC(C)(C)OC(=O)NCc1ccc(-c2ccc(-c3ccc(-c4ccccc4)cc3)cc2)cc1. The normalized spacial score (nSPS) is 11.1. The Kier molecular flexibility index (Phi) is 6.60. The van der Waals surface area contributed by atoms with Crippen LogP contribution in [0.4, 0.5) is 4.79 Å². The maximum Gasteiger partial charge on any atom is 0.407 e. The van der Waals surface area contributed by atoms with E-state index in [1.165, 1.54) is 22.3 Å². The molecule has 1 amide bonds. The summed E-state index contributed by atoms with van der Waals surface area (Å²) in [4.78, 5) is 11.8. The van der Waals surface area contributed by atoms with Crippen LogP contribution in [0.5, 0.6) is 0 Å². The quantitative estimate of drug-likeness (QED) is 0.348. The fraction of sp³-hybridized carbons (Fsp3) is 0.167. The highest BCUT2D eigenvalue weighted by Crippen LogP contribution is 2.27. The third-order valence-electron chi connectivity index (χ3n) is 5.33. The fourth-order valence-electron chi connectivity index (χ4n) is 3.64. The molecule has 0 unspecified atom stereocenters. The molecule has 0 saturated carbocycles. The Morgan fingerprint density at radius 3 is 1.36 bits per heavy atom. The van der Waals surface area contributed by atoms with Crippen molar-refractivity contribution in [3.05, 3.63) is 109 Å². The Hall–Kier alpha value is -3.85. The molecule has 1 N–H and O–H groups in total. The second kappa shape index (κ2) is 9.74. The highest BCUT2D eigenvalue weighted by molar-refractivity contribution is 5.73. The van der Waals surface area contributed by atoms with Crippen LogP contribution >= 0.6 is 0 Å². The smallest absolute Gasteiger partial charge is 0.407 e. The van der Waals surface area contributed by atoms with Gasteiger partial charge in [0.1, 0.15) is 5.60 Å². The van der Waals surface area contributed by atoms with Gasteiger partial charge in [-0.2, -0.15) is 0 Å². The van der Waals surface area contributed by atoms with Crippen molar-refractivity contribution in [2.24, 2.45) is 0 Å². The van der Waals surface area contributed by atoms with Crippen molar-refractivity contribution in [3.63, 3.8) is 0 Å². The molecule has 4 aromatic rings. The third-order valence-corrected chi connectivity index (χ3v) is 5.33. The molecule has 0 heterocycles. The van der Waals surface area contributed by atoms with Gasteiger partial charge in [-0.3, -0.25) is 0 Å². The van der Waals surface area contributed by atoms with E-state index in [0.29, 0.717) is 6.54 Å². The molecule has 0 bridgehead atoms. The number of benzene rings is 4. The lowest BCUT2D eigenvalue weighted by molar-refractivity contribution is 0.0523. The minimum absolute atomic E-state index is 0.404. The largest absolute Gasteiger partial charge is 0.444 e. The molecule has 0 aliphatic rings. The van der Waals surface area contributed by atoms with Gasteiger partial charge in [-0.1, -0.05) is 103 Å². The van der Waals surface area contributed by atoms with E-state index in [9.17, 15) is 4.79 Å². The molecule has 3 heteroatoms. The monoisotopic (exact) mass is 435 g/mol. The number of carbonyl (C=O) groups is 1. The van der Waals surface area contributed by atoms with Crippen LogP contribution in [0.2, 0.25) is 0 Å². The first-order valence-electron chi connectivity index (χ1n) is 11.2.